The minimum atomic E-state index is -1.83. The van der Waals surface area contributed by atoms with Crippen molar-refractivity contribution in [3.8, 4) is 0 Å². The van der Waals surface area contributed by atoms with Crippen LogP contribution >= 0.6 is 8.25 Å². The lowest BCUT2D eigenvalue weighted by molar-refractivity contribution is -0.137. The normalized spacial score (nSPS) is 8.69. The Morgan fingerprint density at radius 3 is 2.06 bits per heavy atom. The van der Waals surface area contributed by atoms with Crippen LogP contribution in [0, 0.1) is 0 Å². The largest absolute Gasteiger partial charge is 0.697 e. The lowest BCUT2D eigenvalue weighted by Gasteiger charge is -1.94. The molecule has 0 heterocycles. The van der Waals surface area contributed by atoms with Gasteiger partial charge in [0.1, 0.15) is 13.2 Å². The molecule has 94 valence electrons. The fraction of sp³-hybridized carbons (Fsp3) is 0.700. The van der Waals surface area contributed by atoms with Crippen molar-refractivity contribution in [2.45, 2.75) is 27.2 Å². The monoisotopic (exact) mass is 251 g/mol. The van der Waals surface area contributed by atoms with E-state index in [9.17, 15) is 9.36 Å². The third kappa shape index (κ3) is 15.7. The lowest BCUT2D eigenvalue weighted by atomic mass is 10.5. The number of carbonyl (C=O) groups excluding carboxylic acids is 1. The first-order chi connectivity index (χ1) is 7.62. The van der Waals surface area contributed by atoms with E-state index < -0.39 is 8.25 Å². The Kier molecular flexibility index (Phi) is 15.7. The topological polar surface area (TPSA) is 61.8 Å². The summed E-state index contributed by atoms with van der Waals surface area (Å²) in [6.45, 7) is 10.1. The van der Waals surface area contributed by atoms with Crippen LogP contribution in [-0.2, 0) is 23.1 Å². The molecule has 0 spiro atoms. The molecule has 0 rings (SSSR count). The van der Waals surface area contributed by atoms with Crippen molar-refractivity contribution < 1.29 is 23.1 Å². The zero-order valence-corrected chi connectivity index (χ0v) is 11.0. The minimum absolute atomic E-state index is 0.341. The smallest absolute Gasteiger partial charge is 0.463 e. The molecule has 0 N–H and O–H groups in total. The Labute approximate surface area is 97.7 Å². The van der Waals surface area contributed by atoms with E-state index in [1.807, 2.05) is 6.92 Å². The molecule has 0 saturated carbocycles. The van der Waals surface area contributed by atoms with E-state index >= 15 is 0 Å². The van der Waals surface area contributed by atoms with Crippen molar-refractivity contribution >= 4 is 14.2 Å². The third-order valence-electron chi connectivity index (χ3n) is 1.08. The molecule has 0 aromatic rings. The highest BCUT2D eigenvalue weighted by molar-refractivity contribution is 7.33. The predicted molar refractivity (Wildman–Crippen MR) is 62.3 cm³/mol. The summed E-state index contributed by atoms with van der Waals surface area (Å²) in [5, 5.41) is 0. The highest BCUT2D eigenvalue weighted by atomic mass is 31.1. The molecule has 6 heteroatoms. The molecule has 0 fully saturated rings. The van der Waals surface area contributed by atoms with E-state index in [1.54, 1.807) is 13.8 Å². The van der Waals surface area contributed by atoms with Crippen molar-refractivity contribution in [1.29, 1.82) is 0 Å². The van der Waals surface area contributed by atoms with Crippen LogP contribution in [0.25, 0.3) is 0 Å². The average molecular weight is 251 g/mol. The highest BCUT2D eigenvalue weighted by Gasteiger charge is 2.15. The van der Waals surface area contributed by atoms with Gasteiger partial charge < -0.3 is 4.74 Å². The van der Waals surface area contributed by atoms with Crippen LogP contribution in [-0.4, -0.2) is 25.8 Å². The first kappa shape index (κ1) is 17.6. The van der Waals surface area contributed by atoms with Crippen molar-refractivity contribution in [1.82, 2.24) is 0 Å². The maximum Gasteiger partial charge on any atom is 0.697 e. The summed E-state index contributed by atoms with van der Waals surface area (Å²) in [6, 6.07) is 0. The molecule has 5 nitrogen and oxygen atoms in total. The Morgan fingerprint density at radius 2 is 1.75 bits per heavy atom. The van der Waals surface area contributed by atoms with Crippen molar-refractivity contribution in [2.24, 2.45) is 0 Å². The summed E-state index contributed by atoms with van der Waals surface area (Å²) in [6.07, 6.45) is 2.02. The number of carbonyl (C=O) groups is 1. The second kappa shape index (κ2) is 14.2. The van der Waals surface area contributed by atoms with E-state index in [0.29, 0.717) is 19.8 Å². The average Bonchev–Trinajstić information content (AvgIpc) is 2.27. The van der Waals surface area contributed by atoms with Crippen LogP contribution < -0.4 is 0 Å². The van der Waals surface area contributed by atoms with E-state index in [4.69, 9.17) is 0 Å². The number of rotatable bonds is 7. The second-order valence-electron chi connectivity index (χ2n) is 2.43. The molecule has 0 aliphatic rings. The van der Waals surface area contributed by atoms with Gasteiger partial charge in [-0.25, -0.2) is 4.79 Å². The van der Waals surface area contributed by atoms with Gasteiger partial charge in [0.05, 0.1) is 6.61 Å². The second-order valence-corrected chi connectivity index (χ2v) is 3.39. The molecular formula is C10H20O5P+. The zero-order valence-electron chi connectivity index (χ0n) is 10.1. The van der Waals surface area contributed by atoms with Crippen LogP contribution in [0.2, 0.25) is 0 Å². The molecule has 16 heavy (non-hydrogen) atoms. The van der Waals surface area contributed by atoms with Crippen LogP contribution in [0.5, 0.6) is 0 Å². The van der Waals surface area contributed by atoms with Gasteiger partial charge in [-0.15, -0.1) is 9.05 Å². The van der Waals surface area contributed by atoms with Crippen LogP contribution in [0.3, 0.4) is 0 Å². The Balaban J connectivity index is 0. The molecule has 0 amide bonds. The number of ether oxygens (including phenoxy) is 1. The van der Waals surface area contributed by atoms with Gasteiger partial charge in [0.2, 0.25) is 0 Å². The van der Waals surface area contributed by atoms with Crippen LogP contribution in [0.1, 0.15) is 27.2 Å². The third-order valence-corrected chi connectivity index (χ3v) is 2.02. The Morgan fingerprint density at radius 1 is 1.25 bits per heavy atom. The van der Waals surface area contributed by atoms with E-state index in [0.717, 1.165) is 12.5 Å². The number of hydrogen-bond acceptors (Lipinski definition) is 5. The molecule has 0 saturated heterocycles. The molecule has 0 aliphatic heterocycles. The molecule has 0 bridgehead atoms. The molecule has 0 aromatic carbocycles. The van der Waals surface area contributed by atoms with Crippen molar-refractivity contribution in [3.05, 3.63) is 12.7 Å². The summed E-state index contributed by atoms with van der Waals surface area (Å²) in [7, 11) is -1.83. The van der Waals surface area contributed by atoms with Gasteiger partial charge in [0.25, 0.3) is 0 Å². The van der Waals surface area contributed by atoms with Gasteiger partial charge in [0.15, 0.2) is 0 Å². The first-order valence-electron chi connectivity index (χ1n) is 5.14. The van der Waals surface area contributed by atoms with Crippen molar-refractivity contribution in [3.63, 3.8) is 0 Å². The summed E-state index contributed by atoms with van der Waals surface area (Å²) in [5.74, 6) is -0.341. The number of hydrogen-bond donors (Lipinski definition) is 0. The van der Waals surface area contributed by atoms with E-state index in [-0.39, 0.29) is 5.97 Å². The van der Waals surface area contributed by atoms with Gasteiger partial charge in [-0.3, -0.25) is 0 Å². The van der Waals surface area contributed by atoms with Gasteiger partial charge in [-0.2, -0.15) is 0 Å². The predicted octanol–water partition coefficient (Wildman–Crippen LogP) is 2.84. The standard InChI is InChI=1S/C6H10O2.C4H10O3P/c1-3-5-8-6(7)4-2;1-3-6-8(5)7-4-2/h4H,2-3,5H2,1H3;3-4H2,1-2H3/q;+1. The van der Waals surface area contributed by atoms with Gasteiger partial charge in [0, 0.05) is 10.6 Å². The summed E-state index contributed by atoms with van der Waals surface area (Å²) in [4.78, 5) is 10.2. The summed E-state index contributed by atoms with van der Waals surface area (Å²) < 4.78 is 24.1. The maximum atomic E-state index is 10.3. The summed E-state index contributed by atoms with van der Waals surface area (Å²) >= 11 is 0. The Bertz CT molecular complexity index is 197. The molecular weight excluding hydrogens is 231 g/mol. The van der Waals surface area contributed by atoms with Gasteiger partial charge >= 0.3 is 14.2 Å². The zero-order chi connectivity index (χ0) is 12.8. The highest BCUT2D eigenvalue weighted by Crippen LogP contribution is 2.21. The fourth-order valence-electron chi connectivity index (χ4n) is 0.510. The van der Waals surface area contributed by atoms with Gasteiger partial charge in [-0.1, -0.05) is 13.5 Å². The molecule has 0 radical (unpaired) electrons. The molecule has 0 atom stereocenters. The van der Waals surface area contributed by atoms with Crippen molar-refractivity contribution in [2.75, 3.05) is 19.8 Å². The SMILES string of the molecule is C=CC(=O)OCCC.CCO[P+](=O)OCC. The molecule has 0 aromatic heterocycles. The maximum absolute atomic E-state index is 10.3. The van der Waals surface area contributed by atoms with Crippen LogP contribution in [0.4, 0.5) is 0 Å². The molecule has 0 aliphatic carbocycles. The van der Waals surface area contributed by atoms with E-state index in [1.165, 1.54) is 0 Å². The van der Waals surface area contributed by atoms with E-state index in [2.05, 4.69) is 20.4 Å². The Hall–Kier alpha value is -0.770. The van der Waals surface area contributed by atoms with Gasteiger partial charge in [-0.05, 0) is 20.3 Å². The quantitative estimate of drug-likeness (QED) is 0.395. The lowest BCUT2D eigenvalue weighted by Crippen LogP contribution is -1.99. The minimum Gasteiger partial charge on any atom is -0.463 e. The fourth-order valence-corrected chi connectivity index (χ4v) is 1.01. The molecule has 0 unspecified atom stereocenters. The number of esters is 1. The van der Waals surface area contributed by atoms with Crippen LogP contribution in [0.15, 0.2) is 12.7 Å². The summed E-state index contributed by atoms with van der Waals surface area (Å²) in [5.41, 5.74) is 0. The first-order valence-corrected chi connectivity index (χ1v) is 6.24.